The summed E-state index contributed by atoms with van der Waals surface area (Å²) in [5.74, 6) is 0.649. The predicted molar refractivity (Wildman–Crippen MR) is 75.3 cm³/mol. The molecule has 1 aromatic rings. The summed E-state index contributed by atoms with van der Waals surface area (Å²) in [4.78, 5) is 0. The van der Waals surface area contributed by atoms with Crippen molar-refractivity contribution in [3.8, 4) is 0 Å². The lowest BCUT2D eigenvalue weighted by Crippen LogP contribution is -2.42. The lowest BCUT2D eigenvalue weighted by molar-refractivity contribution is 0.112. The van der Waals surface area contributed by atoms with Gasteiger partial charge in [-0.15, -0.1) is 0 Å². The molecule has 102 valence electrons. The van der Waals surface area contributed by atoms with Crippen molar-refractivity contribution in [2.75, 3.05) is 0 Å². The molecule has 0 radical (unpaired) electrons. The molecule has 1 aliphatic carbocycles. The summed E-state index contributed by atoms with van der Waals surface area (Å²) in [6.45, 7) is 7.81. The van der Waals surface area contributed by atoms with Crippen molar-refractivity contribution < 1.29 is 0 Å². The Kier molecular flexibility index (Phi) is 4.10. The summed E-state index contributed by atoms with van der Waals surface area (Å²) in [5, 5.41) is 4.33. The lowest BCUT2D eigenvalue weighted by Gasteiger charge is -2.42. The summed E-state index contributed by atoms with van der Waals surface area (Å²) >= 11 is 0. The fraction of sp³-hybridized carbons (Fsp3) is 0.800. The minimum atomic E-state index is 0.273. The van der Waals surface area contributed by atoms with Crippen LogP contribution in [-0.2, 0) is 13.0 Å². The molecule has 2 rings (SSSR count). The van der Waals surface area contributed by atoms with Gasteiger partial charge in [-0.05, 0) is 43.1 Å². The second kappa shape index (κ2) is 5.43. The number of hydrogen-bond donors (Lipinski definition) is 1. The topological polar surface area (TPSA) is 43.8 Å². The Bertz CT molecular complexity index is 381. The molecule has 2 unspecified atom stereocenters. The first kappa shape index (κ1) is 13.6. The Morgan fingerprint density at radius 3 is 2.89 bits per heavy atom. The molecule has 1 fully saturated rings. The van der Waals surface area contributed by atoms with E-state index >= 15 is 0 Å². The predicted octanol–water partition coefficient (Wildman–Crippen LogP) is 2.99. The summed E-state index contributed by atoms with van der Waals surface area (Å²) in [6, 6.07) is 0.273. The normalized spacial score (nSPS) is 25.0. The van der Waals surface area contributed by atoms with Crippen LogP contribution in [0.15, 0.2) is 12.4 Å². The van der Waals surface area contributed by atoms with E-state index < -0.39 is 0 Å². The highest BCUT2D eigenvalue weighted by molar-refractivity contribution is 5.07. The number of hydrogen-bond acceptors (Lipinski definition) is 2. The monoisotopic (exact) mass is 249 g/mol. The smallest absolute Gasteiger partial charge is 0.0522 e. The molecule has 3 heteroatoms. The number of aryl methyl sites for hydroxylation is 1. The standard InChI is InChI=1S/C15H27N3/c1-4-18-11-12(10-17-18)9-14(16)13-7-5-6-8-15(13,2)3/h10-11,13-14H,4-9,16H2,1-3H3. The van der Waals surface area contributed by atoms with Gasteiger partial charge in [0.05, 0.1) is 6.20 Å². The highest BCUT2D eigenvalue weighted by atomic mass is 15.3. The minimum absolute atomic E-state index is 0.273. The van der Waals surface area contributed by atoms with Crippen LogP contribution in [-0.4, -0.2) is 15.8 Å². The van der Waals surface area contributed by atoms with Crippen molar-refractivity contribution in [3.63, 3.8) is 0 Å². The Hall–Kier alpha value is -0.830. The maximum atomic E-state index is 6.47. The van der Waals surface area contributed by atoms with Gasteiger partial charge in [-0.3, -0.25) is 4.68 Å². The van der Waals surface area contributed by atoms with Gasteiger partial charge >= 0.3 is 0 Å². The van der Waals surface area contributed by atoms with Crippen molar-refractivity contribution in [2.45, 2.75) is 65.5 Å². The van der Waals surface area contributed by atoms with E-state index in [1.807, 2.05) is 10.9 Å². The summed E-state index contributed by atoms with van der Waals surface area (Å²) < 4.78 is 1.98. The maximum Gasteiger partial charge on any atom is 0.0522 e. The van der Waals surface area contributed by atoms with E-state index in [9.17, 15) is 0 Å². The number of rotatable bonds is 4. The van der Waals surface area contributed by atoms with Gasteiger partial charge < -0.3 is 5.73 Å². The van der Waals surface area contributed by atoms with Gasteiger partial charge in [-0.2, -0.15) is 5.10 Å². The quantitative estimate of drug-likeness (QED) is 0.891. The lowest BCUT2D eigenvalue weighted by atomic mass is 9.65. The molecule has 1 saturated carbocycles. The first-order valence-electron chi connectivity index (χ1n) is 7.30. The van der Waals surface area contributed by atoms with Gasteiger partial charge in [0.1, 0.15) is 0 Å². The molecule has 0 saturated heterocycles. The first-order chi connectivity index (χ1) is 8.53. The van der Waals surface area contributed by atoms with Gasteiger partial charge in [0.2, 0.25) is 0 Å². The second-order valence-corrected chi connectivity index (χ2v) is 6.41. The average Bonchev–Trinajstić information content (AvgIpc) is 2.76. The van der Waals surface area contributed by atoms with E-state index in [-0.39, 0.29) is 6.04 Å². The van der Waals surface area contributed by atoms with E-state index in [0.717, 1.165) is 13.0 Å². The van der Waals surface area contributed by atoms with Crippen LogP contribution < -0.4 is 5.73 Å². The molecule has 0 aromatic carbocycles. The van der Waals surface area contributed by atoms with E-state index in [1.165, 1.54) is 31.2 Å². The molecule has 2 atom stereocenters. The third-order valence-electron chi connectivity index (χ3n) is 4.59. The third kappa shape index (κ3) is 2.94. The minimum Gasteiger partial charge on any atom is -0.327 e. The van der Waals surface area contributed by atoms with Crippen LogP contribution in [0.2, 0.25) is 0 Å². The number of aromatic nitrogens is 2. The van der Waals surface area contributed by atoms with E-state index in [0.29, 0.717) is 11.3 Å². The van der Waals surface area contributed by atoms with E-state index in [1.54, 1.807) is 0 Å². The van der Waals surface area contributed by atoms with Crippen molar-refractivity contribution in [1.29, 1.82) is 0 Å². The van der Waals surface area contributed by atoms with Crippen LogP contribution in [0.25, 0.3) is 0 Å². The van der Waals surface area contributed by atoms with Crippen molar-refractivity contribution in [2.24, 2.45) is 17.1 Å². The van der Waals surface area contributed by atoms with Gasteiger partial charge in [-0.1, -0.05) is 26.7 Å². The molecular weight excluding hydrogens is 222 g/mol. The second-order valence-electron chi connectivity index (χ2n) is 6.41. The molecule has 2 N–H and O–H groups in total. The summed E-state index contributed by atoms with van der Waals surface area (Å²) in [5.41, 5.74) is 8.15. The zero-order chi connectivity index (χ0) is 13.2. The van der Waals surface area contributed by atoms with E-state index in [2.05, 4.69) is 32.1 Å². The molecule has 0 spiro atoms. The molecule has 0 amide bonds. The van der Waals surface area contributed by atoms with Gasteiger partial charge in [0.15, 0.2) is 0 Å². The van der Waals surface area contributed by atoms with Crippen LogP contribution >= 0.6 is 0 Å². The van der Waals surface area contributed by atoms with Crippen molar-refractivity contribution >= 4 is 0 Å². The van der Waals surface area contributed by atoms with Gasteiger partial charge in [0.25, 0.3) is 0 Å². The highest BCUT2D eigenvalue weighted by Gasteiger charge is 2.35. The molecule has 0 bridgehead atoms. The highest BCUT2D eigenvalue weighted by Crippen LogP contribution is 2.42. The third-order valence-corrected chi connectivity index (χ3v) is 4.59. The van der Waals surface area contributed by atoms with Crippen LogP contribution in [0.3, 0.4) is 0 Å². The summed E-state index contributed by atoms with van der Waals surface area (Å²) in [6.07, 6.45) is 10.4. The summed E-state index contributed by atoms with van der Waals surface area (Å²) in [7, 11) is 0. The first-order valence-corrected chi connectivity index (χ1v) is 7.30. The molecule has 3 nitrogen and oxygen atoms in total. The Labute approximate surface area is 111 Å². The number of nitrogens with zero attached hydrogens (tertiary/aromatic N) is 2. The Balaban J connectivity index is 2.00. The Morgan fingerprint density at radius 1 is 1.50 bits per heavy atom. The molecule has 1 heterocycles. The Morgan fingerprint density at radius 2 is 2.28 bits per heavy atom. The maximum absolute atomic E-state index is 6.47. The van der Waals surface area contributed by atoms with Crippen molar-refractivity contribution in [1.82, 2.24) is 9.78 Å². The molecular formula is C15H27N3. The average molecular weight is 249 g/mol. The molecule has 0 aliphatic heterocycles. The molecule has 1 aliphatic rings. The van der Waals surface area contributed by atoms with Gasteiger partial charge in [0, 0.05) is 18.8 Å². The SMILES string of the molecule is CCn1cc(CC(N)C2CCCCC2(C)C)cn1. The molecule has 1 aromatic heterocycles. The van der Waals surface area contributed by atoms with Gasteiger partial charge in [-0.25, -0.2) is 0 Å². The number of nitrogens with two attached hydrogens (primary N) is 1. The van der Waals surface area contributed by atoms with Crippen LogP contribution in [0.5, 0.6) is 0 Å². The van der Waals surface area contributed by atoms with Crippen LogP contribution in [0.1, 0.15) is 52.0 Å². The fourth-order valence-corrected chi connectivity index (χ4v) is 3.41. The van der Waals surface area contributed by atoms with E-state index in [4.69, 9.17) is 5.73 Å². The fourth-order valence-electron chi connectivity index (χ4n) is 3.41. The molecule has 18 heavy (non-hydrogen) atoms. The van der Waals surface area contributed by atoms with Crippen LogP contribution in [0, 0.1) is 11.3 Å². The zero-order valence-corrected chi connectivity index (χ0v) is 12.0. The zero-order valence-electron chi connectivity index (χ0n) is 12.0. The van der Waals surface area contributed by atoms with Crippen LogP contribution in [0.4, 0.5) is 0 Å². The largest absolute Gasteiger partial charge is 0.327 e. The van der Waals surface area contributed by atoms with Crippen molar-refractivity contribution in [3.05, 3.63) is 18.0 Å².